The summed E-state index contributed by atoms with van der Waals surface area (Å²) in [5.74, 6) is 0.342. The minimum atomic E-state index is -3.79. The number of halogens is 1. The zero-order chi connectivity index (χ0) is 19.9. The molecule has 2 N–H and O–H groups in total. The zero-order valence-electron chi connectivity index (χ0n) is 14.7. The van der Waals surface area contributed by atoms with Gasteiger partial charge in [0.25, 0.3) is 15.9 Å². The Morgan fingerprint density at radius 1 is 1.00 bits per heavy atom. The first-order valence-corrected chi connectivity index (χ1v) is 10.2. The first-order chi connectivity index (χ1) is 13.3. The first-order valence-electron chi connectivity index (χ1n) is 8.34. The minimum absolute atomic E-state index is 0.144. The van der Waals surface area contributed by atoms with Gasteiger partial charge in [-0.3, -0.25) is 9.52 Å². The van der Waals surface area contributed by atoms with Gasteiger partial charge >= 0.3 is 0 Å². The maximum Gasteiger partial charge on any atom is 0.261 e. The van der Waals surface area contributed by atoms with Gasteiger partial charge in [0.05, 0.1) is 16.1 Å². The molecule has 1 aliphatic rings. The number of carbonyl (C=O) groups excluding carboxylic acids is 1. The Balaban J connectivity index is 1.68. The van der Waals surface area contributed by atoms with Crippen molar-refractivity contribution >= 4 is 38.9 Å². The molecule has 1 heterocycles. The standard InChI is InChI=1S/C20H15ClN2O4S/c1-12-3-2-4-15(9-12)28(25,26)23-14-6-8-18-16(11-14)20(24)22-17-10-13(21)5-7-19(17)27-18/h2-11,23H,1H3,(H,22,24). The van der Waals surface area contributed by atoms with Crippen LogP contribution in [-0.4, -0.2) is 14.3 Å². The van der Waals surface area contributed by atoms with Gasteiger partial charge in [0, 0.05) is 10.7 Å². The molecule has 0 saturated heterocycles. The van der Waals surface area contributed by atoms with E-state index in [2.05, 4.69) is 10.0 Å². The van der Waals surface area contributed by atoms with Gasteiger partial charge in [0.1, 0.15) is 5.75 Å². The molecular weight excluding hydrogens is 400 g/mol. The van der Waals surface area contributed by atoms with Crippen molar-refractivity contribution in [2.24, 2.45) is 0 Å². The maximum atomic E-state index is 12.6. The lowest BCUT2D eigenvalue weighted by molar-refractivity contribution is 0.102. The van der Waals surface area contributed by atoms with E-state index in [1.54, 1.807) is 42.5 Å². The number of hydrogen-bond acceptors (Lipinski definition) is 4. The lowest BCUT2D eigenvalue weighted by atomic mass is 10.1. The number of hydrogen-bond donors (Lipinski definition) is 2. The molecule has 0 fully saturated rings. The molecular formula is C20H15ClN2O4S. The van der Waals surface area contributed by atoms with Crippen LogP contribution in [0, 0.1) is 6.92 Å². The second kappa shape index (κ2) is 6.85. The van der Waals surface area contributed by atoms with Crippen LogP contribution in [0.4, 0.5) is 11.4 Å². The number of sulfonamides is 1. The Morgan fingerprint density at radius 3 is 2.57 bits per heavy atom. The molecule has 0 atom stereocenters. The molecule has 1 aliphatic heterocycles. The molecule has 142 valence electrons. The van der Waals surface area contributed by atoms with Crippen LogP contribution >= 0.6 is 11.6 Å². The third-order valence-electron chi connectivity index (χ3n) is 4.19. The fourth-order valence-electron chi connectivity index (χ4n) is 2.85. The number of ether oxygens (including phenoxy) is 1. The SMILES string of the molecule is Cc1cccc(S(=O)(=O)Nc2ccc3c(c2)C(=O)Nc2cc(Cl)ccc2O3)c1. The van der Waals surface area contributed by atoms with Crippen molar-refractivity contribution in [3.05, 3.63) is 76.8 Å². The number of carbonyl (C=O) groups is 1. The van der Waals surface area contributed by atoms with Crippen LogP contribution in [0.1, 0.15) is 15.9 Å². The smallest absolute Gasteiger partial charge is 0.261 e. The number of rotatable bonds is 3. The van der Waals surface area contributed by atoms with Gasteiger partial charge in [-0.2, -0.15) is 0 Å². The molecule has 0 saturated carbocycles. The van der Waals surface area contributed by atoms with Gasteiger partial charge in [0.2, 0.25) is 0 Å². The third-order valence-corrected chi connectivity index (χ3v) is 5.80. The predicted molar refractivity (Wildman–Crippen MR) is 108 cm³/mol. The topological polar surface area (TPSA) is 84.5 Å². The summed E-state index contributed by atoms with van der Waals surface area (Å²) in [7, 11) is -3.79. The van der Waals surface area contributed by atoms with Crippen molar-refractivity contribution in [1.29, 1.82) is 0 Å². The van der Waals surface area contributed by atoms with Gasteiger partial charge < -0.3 is 10.1 Å². The Kier molecular flexibility index (Phi) is 4.49. The van der Waals surface area contributed by atoms with E-state index in [0.29, 0.717) is 22.2 Å². The van der Waals surface area contributed by atoms with Gasteiger partial charge in [-0.25, -0.2) is 8.42 Å². The highest BCUT2D eigenvalue weighted by atomic mass is 35.5. The number of benzene rings is 3. The summed E-state index contributed by atoms with van der Waals surface area (Å²) in [6.45, 7) is 1.81. The Bertz CT molecular complexity index is 1210. The van der Waals surface area contributed by atoms with Crippen molar-refractivity contribution in [1.82, 2.24) is 0 Å². The molecule has 3 aromatic rings. The van der Waals surface area contributed by atoms with Crippen molar-refractivity contribution < 1.29 is 17.9 Å². The van der Waals surface area contributed by atoms with E-state index < -0.39 is 15.9 Å². The fourth-order valence-corrected chi connectivity index (χ4v) is 4.18. The maximum absolute atomic E-state index is 12.6. The molecule has 0 spiro atoms. The number of nitrogens with one attached hydrogen (secondary N) is 2. The number of amides is 1. The Labute approximate surface area is 167 Å². The van der Waals surface area contributed by atoms with Crippen LogP contribution in [0.3, 0.4) is 0 Å². The summed E-state index contributed by atoms with van der Waals surface area (Å²) in [5, 5.41) is 3.18. The van der Waals surface area contributed by atoms with Crippen LogP contribution < -0.4 is 14.8 Å². The molecule has 1 amide bonds. The Morgan fingerprint density at radius 2 is 1.79 bits per heavy atom. The molecule has 4 rings (SSSR count). The van der Waals surface area contributed by atoms with Crippen LogP contribution in [0.5, 0.6) is 11.5 Å². The van der Waals surface area contributed by atoms with E-state index in [-0.39, 0.29) is 16.1 Å². The highest BCUT2D eigenvalue weighted by molar-refractivity contribution is 7.92. The second-order valence-electron chi connectivity index (χ2n) is 6.33. The molecule has 0 unspecified atom stereocenters. The predicted octanol–water partition coefficient (Wildman–Crippen LogP) is 4.81. The number of anilines is 2. The van der Waals surface area contributed by atoms with Crippen LogP contribution in [-0.2, 0) is 10.0 Å². The lowest BCUT2D eigenvalue weighted by Gasteiger charge is -2.11. The fraction of sp³-hybridized carbons (Fsp3) is 0.0500. The van der Waals surface area contributed by atoms with E-state index >= 15 is 0 Å². The molecule has 0 radical (unpaired) electrons. The molecule has 28 heavy (non-hydrogen) atoms. The zero-order valence-corrected chi connectivity index (χ0v) is 16.3. The van der Waals surface area contributed by atoms with Crippen molar-refractivity contribution in [3.8, 4) is 11.5 Å². The van der Waals surface area contributed by atoms with Crippen LogP contribution in [0.15, 0.2) is 65.6 Å². The molecule has 6 nitrogen and oxygen atoms in total. The van der Waals surface area contributed by atoms with Crippen LogP contribution in [0.25, 0.3) is 0 Å². The van der Waals surface area contributed by atoms with Gasteiger partial charge in [-0.1, -0.05) is 23.7 Å². The summed E-state index contributed by atoms with van der Waals surface area (Å²) in [6.07, 6.45) is 0. The lowest BCUT2D eigenvalue weighted by Crippen LogP contribution is -2.15. The monoisotopic (exact) mass is 414 g/mol. The van der Waals surface area contributed by atoms with E-state index in [9.17, 15) is 13.2 Å². The second-order valence-corrected chi connectivity index (χ2v) is 8.45. The van der Waals surface area contributed by atoms with Crippen molar-refractivity contribution in [2.75, 3.05) is 10.0 Å². The summed E-state index contributed by atoms with van der Waals surface area (Å²) in [4.78, 5) is 12.7. The van der Waals surface area contributed by atoms with Gasteiger partial charge in [0.15, 0.2) is 5.75 Å². The van der Waals surface area contributed by atoms with E-state index in [1.807, 2.05) is 13.0 Å². The molecule has 0 bridgehead atoms. The minimum Gasteiger partial charge on any atom is -0.454 e. The molecule has 0 aromatic heterocycles. The normalized spacial score (nSPS) is 12.9. The molecule has 0 aliphatic carbocycles. The average Bonchev–Trinajstić information content (AvgIpc) is 2.77. The summed E-state index contributed by atoms with van der Waals surface area (Å²) < 4.78 is 33.6. The van der Waals surface area contributed by atoms with Crippen molar-refractivity contribution in [3.63, 3.8) is 0 Å². The highest BCUT2D eigenvalue weighted by Crippen LogP contribution is 2.38. The summed E-state index contributed by atoms with van der Waals surface area (Å²) >= 11 is 5.97. The quantitative estimate of drug-likeness (QED) is 0.644. The average molecular weight is 415 g/mol. The third kappa shape index (κ3) is 3.54. The number of fused-ring (bicyclic) bond motifs is 2. The number of aryl methyl sites for hydroxylation is 1. The molecule has 8 heteroatoms. The highest BCUT2D eigenvalue weighted by Gasteiger charge is 2.23. The van der Waals surface area contributed by atoms with E-state index in [0.717, 1.165) is 5.56 Å². The summed E-state index contributed by atoms with van der Waals surface area (Å²) in [5.41, 5.74) is 1.73. The summed E-state index contributed by atoms with van der Waals surface area (Å²) in [6, 6.07) is 16.0. The van der Waals surface area contributed by atoms with E-state index in [1.165, 1.54) is 12.1 Å². The molecule has 3 aromatic carbocycles. The van der Waals surface area contributed by atoms with E-state index in [4.69, 9.17) is 16.3 Å². The van der Waals surface area contributed by atoms with Gasteiger partial charge in [-0.05, 0) is 61.0 Å². The Hall–Kier alpha value is -3.03. The van der Waals surface area contributed by atoms with Crippen LogP contribution in [0.2, 0.25) is 5.02 Å². The largest absolute Gasteiger partial charge is 0.454 e. The van der Waals surface area contributed by atoms with Gasteiger partial charge in [-0.15, -0.1) is 0 Å². The van der Waals surface area contributed by atoms with Crippen molar-refractivity contribution in [2.45, 2.75) is 11.8 Å². The first kappa shape index (κ1) is 18.3.